The largest absolute Gasteiger partial charge is 0.394 e. The lowest BCUT2D eigenvalue weighted by Gasteiger charge is -2.25. The Balaban J connectivity index is 1.37. The van der Waals surface area contributed by atoms with Gasteiger partial charge in [-0.2, -0.15) is 5.48 Å². The average molecular weight is 368 g/mol. The number of carbonyl (C=O) groups excluding carboxylic acids is 1. The third-order valence-corrected chi connectivity index (χ3v) is 4.02. The molecular weight excluding hydrogens is 344 g/mol. The van der Waals surface area contributed by atoms with Crippen molar-refractivity contribution in [1.82, 2.24) is 16.1 Å². The highest BCUT2D eigenvalue weighted by Gasteiger charge is 2.23. The quantitative estimate of drug-likeness (QED) is 0.469. The highest BCUT2D eigenvalue weighted by molar-refractivity contribution is 5.99. The Kier molecular flexibility index (Phi) is 7.20. The molecule has 3 rings (SSSR count). The van der Waals surface area contributed by atoms with E-state index >= 15 is 0 Å². The number of benzene rings is 2. The Morgan fingerprint density at radius 1 is 0.963 bits per heavy atom. The summed E-state index contributed by atoms with van der Waals surface area (Å²) in [5, 5.41) is 9.40. The van der Waals surface area contributed by atoms with Gasteiger partial charge in [-0.15, -0.1) is 0 Å². The van der Waals surface area contributed by atoms with E-state index in [1.165, 1.54) is 11.1 Å². The predicted octanol–water partition coefficient (Wildman–Crippen LogP) is 2.35. The molecule has 1 saturated heterocycles. The minimum atomic E-state index is -0.356. The first-order valence-electron chi connectivity index (χ1n) is 9.01. The van der Waals surface area contributed by atoms with Crippen LogP contribution in [0.3, 0.4) is 0 Å². The number of hydrogen-bond donors (Lipinski definition) is 3. The zero-order chi connectivity index (χ0) is 18.7. The smallest absolute Gasteiger partial charge is 0.321 e. The lowest BCUT2D eigenvalue weighted by Crippen LogP contribution is -2.57. The molecule has 1 aliphatic heterocycles. The van der Waals surface area contributed by atoms with Crippen molar-refractivity contribution in [3.8, 4) is 0 Å². The Hall–Kier alpha value is -2.90. The number of oxime groups is 1. The van der Waals surface area contributed by atoms with E-state index in [-0.39, 0.29) is 12.2 Å². The molecule has 0 saturated carbocycles. The van der Waals surface area contributed by atoms with Crippen molar-refractivity contribution in [1.29, 1.82) is 0 Å². The first-order chi connectivity index (χ1) is 13.3. The van der Waals surface area contributed by atoms with Crippen molar-refractivity contribution in [3.63, 3.8) is 0 Å². The summed E-state index contributed by atoms with van der Waals surface area (Å²) in [6.07, 6.45) is 1.64. The van der Waals surface area contributed by atoms with E-state index in [9.17, 15) is 4.79 Å². The molecule has 2 aromatic carbocycles. The summed E-state index contributed by atoms with van der Waals surface area (Å²) in [6, 6.07) is 19.8. The van der Waals surface area contributed by atoms with Crippen LogP contribution in [0.25, 0.3) is 0 Å². The monoisotopic (exact) mass is 368 g/mol. The second-order valence-electron chi connectivity index (χ2n) is 6.16. The number of hydroxylamine groups is 1. The molecule has 1 heterocycles. The van der Waals surface area contributed by atoms with Gasteiger partial charge in [0, 0.05) is 12.8 Å². The summed E-state index contributed by atoms with van der Waals surface area (Å²) < 4.78 is 0. The van der Waals surface area contributed by atoms with Gasteiger partial charge in [-0.1, -0.05) is 65.8 Å². The van der Waals surface area contributed by atoms with Gasteiger partial charge in [0.15, 0.2) is 5.84 Å². The van der Waals surface area contributed by atoms with Gasteiger partial charge in [0.25, 0.3) is 0 Å². The molecule has 3 N–H and O–H groups in total. The molecule has 0 unspecified atom stereocenters. The molecule has 0 bridgehead atoms. The third-order valence-electron chi connectivity index (χ3n) is 4.02. The third kappa shape index (κ3) is 6.73. The highest BCUT2D eigenvalue weighted by Crippen LogP contribution is 2.02. The number of amides is 2. The van der Waals surface area contributed by atoms with Gasteiger partial charge in [-0.25, -0.2) is 4.79 Å². The van der Waals surface area contributed by atoms with Crippen LogP contribution in [0.5, 0.6) is 0 Å². The van der Waals surface area contributed by atoms with Crippen LogP contribution in [-0.2, 0) is 22.5 Å². The van der Waals surface area contributed by atoms with Gasteiger partial charge in [-0.05, 0) is 17.5 Å². The summed E-state index contributed by atoms with van der Waals surface area (Å²) >= 11 is 0. The summed E-state index contributed by atoms with van der Waals surface area (Å²) in [4.78, 5) is 22.5. The number of hydrogen-bond acceptors (Lipinski definition) is 5. The minimum Gasteiger partial charge on any atom is -0.394 e. The zero-order valence-electron chi connectivity index (χ0n) is 15.1. The van der Waals surface area contributed by atoms with E-state index in [0.29, 0.717) is 25.5 Å². The van der Waals surface area contributed by atoms with Gasteiger partial charge >= 0.3 is 6.03 Å². The van der Waals surface area contributed by atoms with Crippen molar-refractivity contribution in [3.05, 3.63) is 71.8 Å². The minimum absolute atomic E-state index is 0.337. The molecule has 1 atom stereocenters. The molecule has 142 valence electrons. The molecule has 0 radical (unpaired) electrons. The Morgan fingerprint density at radius 3 is 2.26 bits per heavy atom. The first-order valence-corrected chi connectivity index (χ1v) is 9.01. The first kappa shape index (κ1) is 18.9. The van der Waals surface area contributed by atoms with E-state index < -0.39 is 0 Å². The fourth-order valence-corrected chi connectivity index (χ4v) is 2.66. The van der Waals surface area contributed by atoms with Crippen LogP contribution in [0.4, 0.5) is 4.79 Å². The highest BCUT2D eigenvalue weighted by atomic mass is 16.6. The molecular formula is C20H24N4O3. The predicted molar refractivity (Wildman–Crippen MR) is 103 cm³/mol. The van der Waals surface area contributed by atoms with Crippen molar-refractivity contribution in [2.45, 2.75) is 25.4 Å². The van der Waals surface area contributed by atoms with Crippen LogP contribution in [0.1, 0.15) is 17.5 Å². The second kappa shape index (κ2) is 10.3. The standard InChI is InChI=1S/C20H24N4O3/c25-20-21-18(23-26-13-11-16-7-3-1-4-8-16)15-19(22-20)24-27-14-12-17-9-5-2-6-10-17/h1-10,18,23H,11-15H2,(H2,21,22,24,25)/t18-/m1/s1. The van der Waals surface area contributed by atoms with E-state index in [2.05, 4.69) is 21.3 Å². The van der Waals surface area contributed by atoms with Gasteiger partial charge < -0.3 is 10.2 Å². The molecule has 7 nitrogen and oxygen atoms in total. The van der Waals surface area contributed by atoms with Crippen LogP contribution in [0, 0.1) is 0 Å². The molecule has 1 aliphatic rings. The molecule has 0 aromatic heterocycles. The van der Waals surface area contributed by atoms with Crippen molar-refractivity contribution in [2.75, 3.05) is 13.2 Å². The normalized spacial score (nSPS) is 18.0. The number of nitrogens with zero attached hydrogens (tertiary/aromatic N) is 1. The average Bonchev–Trinajstić information content (AvgIpc) is 2.70. The van der Waals surface area contributed by atoms with Crippen LogP contribution in [-0.4, -0.2) is 31.2 Å². The molecule has 2 amide bonds. The fourth-order valence-electron chi connectivity index (χ4n) is 2.66. The number of rotatable bonds is 9. The van der Waals surface area contributed by atoms with Crippen molar-refractivity contribution < 1.29 is 14.5 Å². The maximum Gasteiger partial charge on any atom is 0.321 e. The number of carbonyl (C=O) groups is 1. The second-order valence-corrected chi connectivity index (χ2v) is 6.16. The van der Waals surface area contributed by atoms with E-state index in [4.69, 9.17) is 9.68 Å². The van der Waals surface area contributed by atoms with Gasteiger partial charge in [0.1, 0.15) is 12.8 Å². The molecule has 7 heteroatoms. The number of nitrogens with one attached hydrogen (secondary N) is 3. The van der Waals surface area contributed by atoms with Gasteiger partial charge in [0.05, 0.1) is 6.61 Å². The summed E-state index contributed by atoms with van der Waals surface area (Å²) in [5.74, 6) is 0.468. The summed E-state index contributed by atoms with van der Waals surface area (Å²) in [6.45, 7) is 0.951. The summed E-state index contributed by atoms with van der Waals surface area (Å²) in [7, 11) is 0. The fraction of sp³-hybridized carbons (Fsp3) is 0.300. The van der Waals surface area contributed by atoms with Crippen molar-refractivity contribution in [2.24, 2.45) is 5.16 Å². The maximum absolute atomic E-state index is 11.7. The maximum atomic E-state index is 11.7. The molecule has 2 aromatic rings. The molecule has 0 aliphatic carbocycles. The lowest BCUT2D eigenvalue weighted by molar-refractivity contribution is 0.0123. The molecule has 27 heavy (non-hydrogen) atoms. The number of urea groups is 1. The van der Waals surface area contributed by atoms with Crippen LogP contribution in [0.15, 0.2) is 65.8 Å². The number of amidine groups is 1. The molecule has 1 fully saturated rings. The van der Waals surface area contributed by atoms with Crippen LogP contribution in [0.2, 0.25) is 0 Å². The zero-order valence-corrected chi connectivity index (χ0v) is 15.1. The Bertz CT molecular complexity index is 737. The van der Waals surface area contributed by atoms with Gasteiger partial charge in [0.2, 0.25) is 0 Å². The SMILES string of the molecule is O=C1NC(=NOCCc2ccccc2)C[C@@H](NOCCc2ccccc2)N1. The Labute approximate surface area is 158 Å². The summed E-state index contributed by atoms with van der Waals surface area (Å²) in [5.41, 5.74) is 5.24. The van der Waals surface area contributed by atoms with Crippen LogP contribution >= 0.6 is 0 Å². The van der Waals surface area contributed by atoms with Crippen molar-refractivity contribution >= 4 is 11.9 Å². The lowest BCUT2D eigenvalue weighted by atomic mass is 10.2. The van der Waals surface area contributed by atoms with Gasteiger partial charge in [-0.3, -0.25) is 10.2 Å². The topological polar surface area (TPSA) is 84.0 Å². The van der Waals surface area contributed by atoms with E-state index in [1.54, 1.807) is 0 Å². The Morgan fingerprint density at radius 2 is 1.59 bits per heavy atom. The van der Waals surface area contributed by atoms with E-state index in [0.717, 1.165) is 12.8 Å². The van der Waals surface area contributed by atoms with Crippen LogP contribution < -0.4 is 16.1 Å². The molecule has 0 spiro atoms. The van der Waals surface area contributed by atoms with E-state index in [1.807, 2.05) is 60.7 Å².